The number of hydrogen-bond acceptors (Lipinski definition) is 4. The Balaban J connectivity index is 0.00000264. The van der Waals surface area contributed by atoms with Crippen molar-refractivity contribution in [3.8, 4) is 0 Å². The van der Waals surface area contributed by atoms with Crippen LogP contribution in [0.4, 0.5) is 0 Å². The second-order valence-corrected chi connectivity index (χ2v) is 5.76. The Morgan fingerprint density at radius 1 is 1.22 bits per heavy atom. The molecule has 3 N–H and O–H groups in total. The van der Waals surface area contributed by atoms with E-state index in [2.05, 4.69) is 5.32 Å². The molecule has 126 valence electrons. The van der Waals surface area contributed by atoms with Gasteiger partial charge in [-0.3, -0.25) is 19.3 Å². The number of imide groups is 1. The number of carbonyl (C=O) groups is 3. The van der Waals surface area contributed by atoms with Gasteiger partial charge in [0.05, 0.1) is 11.1 Å². The first kappa shape index (κ1) is 19.1. The van der Waals surface area contributed by atoms with Gasteiger partial charge in [-0.25, -0.2) is 0 Å². The normalized spacial score (nSPS) is 15.7. The molecule has 6 nitrogen and oxygen atoms in total. The fourth-order valence-electron chi connectivity index (χ4n) is 2.41. The molecule has 0 spiro atoms. The molecule has 1 aliphatic rings. The van der Waals surface area contributed by atoms with Gasteiger partial charge in [0.1, 0.15) is 6.04 Å². The maximum absolute atomic E-state index is 12.4. The highest BCUT2D eigenvalue weighted by Crippen LogP contribution is 2.25. The van der Waals surface area contributed by atoms with Crippen LogP contribution in [0.25, 0.3) is 0 Å². The third kappa shape index (κ3) is 3.89. The minimum atomic E-state index is -0.846. The molecule has 0 aliphatic carbocycles. The highest BCUT2D eigenvalue weighted by atomic mass is 35.5. The third-order valence-electron chi connectivity index (χ3n) is 3.74. The fourth-order valence-corrected chi connectivity index (χ4v) is 2.41. The molecule has 3 amide bonds. The molecule has 23 heavy (non-hydrogen) atoms. The molecule has 0 saturated heterocycles. The Morgan fingerprint density at radius 2 is 1.83 bits per heavy atom. The summed E-state index contributed by atoms with van der Waals surface area (Å²) in [5.74, 6) is -1.19. The topological polar surface area (TPSA) is 92.5 Å². The summed E-state index contributed by atoms with van der Waals surface area (Å²) < 4.78 is 0. The van der Waals surface area contributed by atoms with Crippen LogP contribution in [-0.4, -0.2) is 41.2 Å². The summed E-state index contributed by atoms with van der Waals surface area (Å²) in [5.41, 5.74) is 7.24. The standard InChI is InChI=1S/C16H21N3O3.ClH/c1-9-4-5-12-13(8-9)16(22)19(15(12)21)11(3)14(20)18-7-6-10(2)17;/h4-5,8,10-11H,6-7,17H2,1-3H3,(H,18,20);1H. The summed E-state index contributed by atoms with van der Waals surface area (Å²) in [6.45, 7) is 5.67. The first-order chi connectivity index (χ1) is 10.3. The van der Waals surface area contributed by atoms with E-state index in [0.717, 1.165) is 10.5 Å². The zero-order valence-electron chi connectivity index (χ0n) is 13.5. The maximum atomic E-state index is 12.4. The van der Waals surface area contributed by atoms with Crippen LogP contribution in [0.3, 0.4) is 0 Å². The number of halogens is 1. The number of aryl methyl sites for hydroxylation is 1. The van der Waals surface area contributed by atoms with E-state index in [1.165, 1.54) is 0 Å². The van der Waals surface area contributed by atoms with Gasteiger partial charge in [0, 0.05) is 12.6 Å². The van der Waals surface area contributed by atoms with Gasteiger partial charge in [-0.1, -0.05) is 11.6 Å². The predicted molar refractivity (Wildman–Crippen MR) is 89.7 cm³/mol. The SMILES string of the molecule is Cc1ccc2c(c1)C(=O)N(C(C)C(=O)NCCC(C)N)C2=O.Cl. The van der Waals surface area contributed by atoms with Gasteiger partial charge in [-0.2, -0.15) is 0 Å². The number of nitrogens with two attached hydrogens (primary N) is 1. The molecule has 1 aromatic rings. The Hall–Kier alpha value is -1.92. The number of nitrogens with zero attached hydrogens (tertiary/aromatic N) is 1. The molecule has 7 heteroatoms. The second kappa shape index (κ2) is 7.57. The largest absolute Gasteiger partial charge is 0.354 e. The van der Waals surface area contributed by atoms with E-state index in [0.29, 0.717) is 24.1 Å². The Labute approximate surface area is 141 Å². The lowest BCUT2D eigenvalue weighted by Gasteiger charge is -2.21. The van der Waals surface area contributed by atoms with Crippen LogP contribution in [-0.2, 0) is 4.79 Å². The molecule has 0 aromatic heterocycles. The fraction of sp³-hybridized carbons (Fsp3) is 0.438. The molecule has 1 heterocycles. The minimum absolute atomic E-state index is 0. The van der Waals surface area contributed by atoms with Gasteiger partial charge in [0.15, 0.2) is 0 Å². The quantitative estimate of drug-likeness (QED) is 0.790. The second-order valence-electron chi connectivity index (χ2n) is 5.76. The Morgan fingerprint density at radius 3 is 2.43 bits per heavy atom. The highest BCUT2D eigenvalue weighted by molar-refractivity contribution is 6.22. The van der Waals surface area contributed by atoms with Crippen LogP contribution in [0.15, 0.2) is 18.2 Å². The number of amides is 3. The lowest BCUT2D eigenvalue weighted by Crippen LogP contribution is -2.48. The summed E-state index contributed by atoms with van der Waals surface area (Å²) in [7, 11) is 0. The number of rotatable bonds is 5. The molecule has 0 saturated carbocycles. The molecule has 0 bridgehead atoms. The summed E-state index contributed by atoms with van der Waals surface area (Å²) in [6, 6.07) is 4.22. The average Bonchev–Trinajstić information content (AvgIpc) is 2.69. The molecule has 0 radical (unpaired) electrons. The van der Waals surface area contributed by atoms with Crippen LogP contribution < -0.4 is 11.1 Å². The van der Waals surface area contributed by atoms with E-state index in [9.17, 15) is 14.4 Å². The van der Waals surface area contributed by atoms with Crippen molar-refractivity contribution < 1.29 is 14.4 Å². The van der Waals surface area contributed by atoms with Crippen LogP contribution >= 0.6 is 12.4 Å². The average molecular weight is 340 g/mol. The predicted octanol–water partition coefficient (Wildman–Crippen LogP) is 1.25. The zero-order chi connectivity index (χ0) is 16.4. The Bertz CT molecular complexity index is 631. The van der Waals surface area contributed by atoms with E-state index >= 15 is 0 Å². The van der Waals surface area contributed by atoms with Gasteiger partial charge in [-0.05, 0) is 39.3 Å². The summed E-state index contributed by atoms with van der Waals surface area (Å²) in [4.78, 5) is 37.9. The van der Waals surface area contributed by atoms with Crippen LogP contribution in [0.1, 0.15) is 46.5 Å². The van der Waals surface area contributed by atoms with Crippen molar-refractivity contribution in [3.05, 3.63) is 34.9 Å². The maximum Gasteiger partial charge on any atom is 0.262 e. The van der Waals surface area contributed by atoms with Gasteiger partial charge in [0.25, 0.3) is 11.8 Å². The zero-order valence-corrected chi connectivity index (χ0v) is 14.3. The smallest absolute Gasteiger partial charge is 0.262 e. The molecule has 2 atom stereocenters. The third-order valence-corrected chi connectivity index (χ3v) is 3.74. The lowest BCUT2D eigenvalue weighted by molar-refractivity contribution is -0.124. The number of fused-ring (bicyclic) bond motifs is 1. The van der Waals surface area contributed by atoms with Crippen molar-refractivity contribution in [1.29, 1.82) is 0 Å². The molecule has 1 aromatic carbocycles. The molecular weight excluding hydrogens is 318 g/mol. The van der Waals surface area contributed by atoms with E-state index in [-0.39, 0.29) is 24.4 Å². The molecule has 2 unspecified atom stereocenters. The van der Waals surface area contributed by atoms with Crippen molar-refractivity contribution in [1.82, 2.24) is 10.2 Å². The molecule has 0 fully saturated rings. The van der Waals surface area contributed by atoms with E-state index in [1.54, 1.807) is 25.1 Å². The lowest BCUT2D eigenvalue weighted by atomic mass is 10.1. The van der Waals surface area contributed by atoms with Crippen molar-refractivity contribution in [3.63, 3.8) is 0 Å². The van der Waals surface area contributed by atoms with E-state index < -0.39 is 17.9 Å². The first-order valence-electron chi connectivity index (χ1n) is 7.34. The first-order valence-corrected chi connectivity index (χ1v) is 7.34. The van der Waals surface area contributed by atoms with Crippen molar-refractivity contribution in [2.45, 2.75) is 39.3 Å². The molecular formula is C16H22ClN3O3. The van der Waals surface area contributed by atoms with E-state index in [1.807, 2.05) is 13.8 Å². The van der Waals surface area contributed by atoms with Crippen molar-refractivity contribution >= 4 is 30.1 Å². The minimum Gasteiger partial charge on any atom is -0.354 e. The van der Waals surface area contributed by atoms with Crippen molar-refractivity contribution in [2.75, 3.05) is 6.54 Å². The molecule has 2 rings (SSSR count). The number of carbonyl (C=O) groups excluding carboxylic acids is 3. The summed E-state index contributed by atoms with van der Waals surface area (Å²) in [5, 5.41) is 2.70. The summed E-state index contributed by atoms with van der Waals surface area (Å²) >= 11 is 0. The van der Waals surface area contributed by atoms with Gasteiger partial charge in [-0.15, -0.1) is 12.4 Å². The monoisotopic (exact) mass is 339 g/mol. The number of nitrogens with one attached hydrogen (secondary N) is 1. The van der Waals surface area contributed by atoms with E-state index in [4.69, 9.17) is 5.73 Å². The van der Waals surface area contributed by atoms with Gasteiger partial charge < -0.3 is 11.1 Å². The number of benzene rings is 1. The van der Waals surface area contributed by atoms with Gasteiger partial charge >= 0.3 is 0 Å². The summed E-state index contributed by atoms with van der Waals surface area (Å²) in [6.07, 6.45) is 0.639. The molecule has 1 aliphatic heterocycles. The number of hydrogen-bond donors (Lipinski definition) is 2. The Kier molecular flexibility index (Phi) is 6.29. The highest BCUT2D eigenvalue weighted by Gasteiger charge is 2.40. The van der Waals surface area contributed by atoms with Gasteiger partial charge in [0.2, 0.25) is 5.91 Å². The van der Waals surface area contributed by atoms with Crippen LogP contribution in [0.2, 0.25) is 0 Å². The van der Waals surface area contributed by atoms with Crippen LogP contribution in [0.5, 0.6) is 0 Å². The van der Waals surface area contributed by atoms with Crippen molar-refractivity contribution in [2.24, 2.45) is 5.73 Å². The van der Waals surface area contributed by atoms with Crippen LogP contribution in [0, 0.1) is 6.92 Å².